The van der Waals surface area contributed by atoms with Gasteiger partial charge in [0.15, 0.2) is 11.6 Å². The van der Waals surface area contributed by atoms with Crippen LogP contribution in [-0.2, 0) is 4.74 Å². The van der Waals surface area contributed by atoms with Crippen molar-refractivity contribution in [3.05, 3.63) is 47.9 Å². The first-order valence-corrected chi connectivity index (χ1v) is 10.6. The van der Waals surface area contributed by atoms with Crippen molar-refractivity contribution in [3.8, 4) is 0 Å². The average molecular weight is 451 g/mol. The molecule has 1 saturated heterocycles. The minimum Gasteiger partial charge on any atom is -0.444 e. The second-order valence-electron chi connectivity index (χ2n) is 9.06. The number of hydrogen-bond acceptors (Lipinski definition) is 5. The Balaban J connectivity index is 1.58. The first kappa shape index (κ1) is 23.7. The van der Waals surface area contributed by atoms with Gasteiger partial charge in [0.05, 0.1) is 5.69 Å². The summed E-state index contributed by atoms with van der Waals surface area (Å²) in [4.78, 5) is 20.1. The number of nitrogens with zero attached hydrogens (tertiary/aromatic N) is 3. The third-order valence-corrected chi connectivity index (χ3v) is 5.24. The smallest absolute Gasteiger partial charge is 0.410 e. The van der Waals surface area contributed by atoms with Gasteiger partial charge >= 0.3 is 6.09 Å². The standard InChI is InChI=1S/C23H29F3N4O2/c1-23(2,3)32-22(31)30-9-6-15(7-10-30)14-29(4)17-5-8-27-20(13-17)28-19-12-16(24)11-18(25)21(19)26/h5,8,11-13,15H,6-7,9-10,14H2,1-4H3,(H,27,28). The number of amides is 1. The van der Waals surface area contributed by atoms with Crippen molar-refractivity contribution < 1.29 is 22.7 Å². The molecular weight excluding hydrogens is 421 g/mol. The Morgan fingerprint density at radius 3 is 2.56 bits per heavy atom. The van der Waals surface area contributed by atoms with E-state index < -0.39 is 23.1 Å². The first-order chi connectivity index (χ1) is 15.0. The van der Waals surface area contributed by atoms with Crippen LogP contribution in [0.1, 0.15) is 33.6 Å². The highest BCUT2D eigenvalue weighted by Gasteiger charge is 2.27. The van der Waals surface area contributed by atoms with Gasteiger partial charge in [0.1, 0.15) is 17.2 Å². The lowest BCUT2D eigenvalue weighted by molar-refractivity contribution is 0.0186. The molecule has 1 aliphatic rings. The van der Waals surface area contributed by atoms with E-state index in [1.807, 2.05) is 38.8 Å². The van der Waals surface area contributed by atoms with Crippen LogP contribution in [0.2, 0.25) is 0 Å². The minimum atomic E-state index is -1.27. The molecule has 1 aromatic heterocycles. The third kappa shape index (κ3) is 6.27. The van der Waals surface area contributed by atoms with E-state index >= 15 is 0 Å². The monoisotopic (exact) mass is 450 g/mol. The van der Waals surface area contributed by atoms with Crippen LogP contribution < -0.4 is 10.2 Å². The summed E-state index contributed by atoms with van der Waals surface area (Å²) in [5.41, 5.74) is 0.000201. The van der Waals surface area contributed by atoms with Gasteiger partial charge in [-0.2, -0.15) is 0 Å². The number of pyridine rings is 1. The summed E-state index contributed by atoms with van der Waals surface area (Å²) in [5, 5.41) is 2.64. The molecule has 1 N–H and O–H groups in total. The van der Waals surface area contributed by atoms with Crippen molar-refractivity contribution in [1.29, 1.82) is 0 Å². The predicted octanol–water partition coefficient (Wildman–Crippen LogP) is 5.33. The molecule has 0 radical (unpaired) electrons. The van der Waals surface area contributed by atoms with Gasteiger partial charge in [-0.15, -0.1) is 0 Å². The summed E-state index contributed by atoms with van der Waals surface area (Å²) in [7, 11) is 1.93. The van der Waals surface area contributed by atoms with Gasteiger partial charge in [0.25, 0.3) is 0 Å². The number of carbonyl (C=O) groups is 1. The maximum Gasteiger partial charge on any atom is 0.410 e. The summed E-state index contributed by atoms with van der Waals surface area (Å²) in [6.45, 7) is 7.59. The third-order valence-electron chi connectivity index (χ3n) is 5.24. The number of likely N-dealkylation sites (tertiary alicyclic amines) is 1. The van der Waals surface area contributed by atoms with E-state index in [9.17, 15) is 18.0 Å². The van der Waals surface area contributed by atoms with Crippen LogP contribution in [0.5, 0.6) is 0 Å². The summed E-state index contributed by atoms with van der Waals surface area (Å²) in [5.74, 6) is -2.64. The zero-order valence-corrected chi connectivity index (χ0v) is 18.8. The van der Waals surface area contributed by atoms with Gasteiger partial charge < -0.3 is 19.9 Å². The molecule has 0 unspecified atom stereocenters. The second-order valence-corrected chi connectivity index (χ2v) is 9.06. The SMILES string of the molecule is CN(CC1CCN(C(=O)OC(C)(C)C)CC1)c1ccnc(Nc2cc(F)cc(F)c2F)c1. The van der Waals surface area contributed by atoms with Crippen LogP contribution in [0, 0.1) is 23.4 Å². The Bertz CT molecular complexity index is 957. The lowest BCUT2D eigenvalue weighted by Gasteiger charge is -2.35. The van der Waals surface area contributed by atoms with Crippen LogP contribution in [0.15, 0.2) is 30.5 Å². The van der Waals surface area contributed by atoms with Gasteiger partial charge in [0, 0.05) is 56.8 Å². The fourth-order valence-corrected chi connectivity index (χ4v) is 3.63. The minimum absolute atomic E-state index is 0.276. The van der Waals surface area contributed by atoms with Gasteiger partial charge in [0.2, 0.25) is 0 Å². The molecule has 0 spiro atoms. The first-order valence-electron chi connectivity index (χ1n) is 10.6. The molecule has 3 rings (SSSR count). The highest BCUT2D eigenvalue weighted by Crippen LogP contribution is 2.26. The van der Waals surface area contributed by atoms with Crippen LogP contribution in [0.25, 0.3) is 0 Å². The van der Waals surface area contributed by atoms with Gasteiger partial charge in [-0.25, -0.2) is 22.9 Å². The molecule has 0 aliphatic carbocycles. The number of anilines is 3. The lowest BCUT2D eigenvalue weighted by Crippen LogP contribution is -2.43. The van der Waals surface area contributed by atoms with E-state index in [4.69, 9.17) is 4.74 Å². The van der Waals surface area contributed by atoms with Crippen molar-refractivity contribution >= 4 is 23.3 Å². The Labute approximate surface area is 186 Å². The number of ether oxygens (including phenoxy) is 1. The zero-order valence-electron chi connectivity index (χ0n) is 18.8. The van der Waals surface area contributed by atoms with E-state index in [1.165, 1.54) is 0 Å². The number of carbonyl (C=O) groups excluding carboxylic acids is 1. The number of rotatable bonds is 5. The lowest BCUT2D eigenvalue weighted by atomic mass is 9.96. The molecule has 32 heavy (non-hydrogen) atoms. The Kier molecular flexibility index (Phi) is 7.16. The van der Waals surface area contributed by atoms with Crippen molar-refractivity contribution in [2.45, 2.75) is 39.2 Å². The molecule has 1 amide bonds. The largest absolute Gasteiger partial charge is 0.444 e. The van der Waals surface area contributed by atoms with Gasteiger partial charge in [-0.05, 0) is 45.6 Å². The highest BCUT2D eigenvalue weighted by atomic mass is 19.2. The fraction of sp³-hybridized carbons (Fsp3) is 0.478. The molecule has 1 aromatic carbocycles. The number of aromatic nitrogens is 1. The number of benzene rings is 1. The number of nitrogens with one attached hydrogen (secondary N) is 1. The van der Waals surface area contributed by atoms with Crippen LogP contribution in [0.3, 0.4) is 0 Å². The molecule has 0 atom stereocenters. The topological polar surface area (TPSA) is 57.7 Å². The Morgan fingerprint density at radius 2 is 1.91 bits per heavy atom. The van der Waals surface area contributed by atoms with Crippen molar-refractivity contribution in [1.82, 2.24) is 9.88 Å². The second kappa shape index (κ2) is 9.67. The highest BCUT2D eigenvalue weighted by molar-refractivity contribution is 5.68. The summed E-state index contributed by atoms with van der Waals surface area (Å²) in [6, 6.07) is 4.88. The molecule has 1 aliphatic heterocycles. The molecule has 0 saturated carbocycles. The molecule has 2 heterocycles. The van der Waals surface area contributed by atoms with Crippen molar-refractivity contribution in [2.75, 3.05) is 36.9 Å². The summed E-state index contributed by atoms with van der Waals surface area (Å²) < 4.78 is 46.3. The zero-order chi connectivity index (χ0) is 23.5. The molecule has 6 nitrogen and oxygen atoms in total. The van der Waals surface area contributed by atoms with Crippen molar-refractivity contribution in [2.24, 2.45) is 5.92 Å². The summed E-state index contributed by atoms with van der Waals surface area (Å²) in [6.07, 6.45) is 2.98. The summed E-state index contributed by atoms with van der Waals surface area (Å²) >= 11 is 0. The molecule has 1 fully saturated rings. The van der Waals surface area contributed by atoms with E-state index in [0.29, 0.717) is 25.1 Å². The predicted molar refractivity (Wildman–Crippen MR) is 118 cm³/mol. The van der Waals surface area contributed by atoms with E-state index in [0.717, 1.165) is 31.1 Å². The quantitative estimate of drug-likeness (QED) is 0.625. The van der Waals surface area contributed by atoms with Crippen LogP contribution in [-0.4, -0.2) is 48.3 Å². The normalized spacial score (nSPS) is 14.9. The van der Waals surface area contributed by atoms with E-state index in [2.05, 4.69) is 10.3 Å². The molecular formula is C23H29F3N4O2. The number of hydrogen-bond donors (Lipinski definition) is 1. The van der Waals surface area contributed by atoms with Crippen LogP contribution in [0.4, 0.5) is 35.2 Å². The fourth-order valence-electron chi connectivity index (χ4n) is 3.63. The maximum atomic E-state index is 13.9. The Hall–Kier alpha value is -2.97. The van der Waals surface area contributed by atoms with E-state index in [-0.39, 0.29) is 17.6 Å². The van der Waals surface area contributed by atoms with Gasteiger partial charge in [-0.3, -0.25) is 0 Å². The molecule has 0 bridgehead atoms. The Morgan fingerprint density at radius 1 is 1.22 bits per heavy atom. The molecule has 174 valence electrons. The van der Waals surface area contributed by atoms with Gasteiger partial charge in [-0.1, -0.05) is 0 Å². The number of halogens is 3. The van der Waals surface area contributed by atoms with Crippen LogP contribution >= 0.6 is 0 Å². The average Bonchev–Trinajstić information content (AvgIpc) is 2.71. The maximum absolute atomic E-state index is 13.9. The molecule has 2 aromatic rings. The number of piperidine rings is 1. The molecule has 9 heteroatoms. The van der Waals surface area contributed by atoms with Crippen molar-refractivity contribution in [3.63, 3.8) is 0 Å². The van der Waals surface area contributed by atoms with E-state index in [1.54, 1.807) is 17.2 Å².